The Kier molecular flexibility index (Phi) is 4.79. The Labute approximate surface area is 126 Å². The molecule has 0 aliphatic heterocycles. The Balaban J connectivity index is 1.96. The van der Waals surface area contributed by atoms with Gasteiger partial charge in [0.1, 0.15) is 5.75 Å². The number of halogens is 1. The lowest BCUT2D eigenvalue weighted by Gasteiger charge is -2.08. The van der Waals surface area contributed by atoms with Crippen LogP contribution in [0.5, 0.6) is 5.75 Å². The van der Waals surface area contributed by atoms with E-state index in [1.165, 1.54) is 6.92 Å². The van der Waals surface area contributed by atoms with E-state index in [1.54, 1.807) is 48.5 Å². The second-order valence-electron chi connectivity index (χ2n) is 4.20. The van der Waals surface area contributed by atoms with Gasteiger partial charge in [0.05, 0.1) is 10.7 Å². The molecule has 0 aromatic heterocycles. The van der Waals surface area contributed by atoms with Crippen molar-refractivity contribution in [3.8, 4) is 5.75 Å². The first kappa shape index (κ1) is 14.9. The Hall–Kier alpha value is -2.53. The van der Waals surface area contributed by atoms with Crippen LogP contribution < -0.4 is 15.4 Å². The third-order valence-corrected chi connectivity index (χ3v) is 2.83. The van der Waals surface area contributed by atoms with Gasteiger partial charge < -0.3 is 10.1 Å². The van der Waals surface area contributed by atoms with Crippen LogP contribution in [0.15, 0.2) is 48.5 Å². The van der Waals surface area contributed by atoms with Crippen LogP contribution in [0.25, 0.3) is 0 Å². The van der Waals surface area contributed by atoms with Crippen LogP contribution in [0.4, 0.5) is 16.2 Å². The van der Waals surface area contributed by atoms with Gasteiger partial charge in [-0.25, -0.2) is 4.79 Å². The number of ether oxygens (including phenoxy) is 1. The molecule has 0 radical (unpaired) electrons. The van der Waals surface area contributed by atoms with Crippen molar-refractivity contribution in [3.63, 3.8) is 0 Å². The summed E-state index contributed by atoms with van der Waals surface area (Å²) in [5.41, 5.74) is 1.10. The summed E-state index contributed by atoms with van der Waals surface area (Å²) in [7, 11) is 0. The van der Waals surface area contributed by atoms with E-state index in [0.717, 1.165) is 0 Å². The molecule has 2 aromatic carbocycles. The molecule has 0 atom stereocenters. The highest BCUT2D eigenvalue weighted by atomic mass is 35.5. The Morgan fingerprint density at radius 2 is 1.67 bits per heavy atom. The van der Waals surface area contributed by atoms with E-state index < -0.39 is 6.09 Å². The minimum Gasteiger partial charge on any atom is -0.410 e. The van der Waals surface area contributed by atoms with Crippen molar-refractivity contribution in [1.29, 1.82) is 0 Å². The summed E-state index contributed by atoms with van der Waals surface area (Å²) in [5, 5.41) is 5.59. The molecule has 2 N–H and O–H groups in total. The number of hydrogen-bond acceptors (Lipinski definition) is 3. The molecule has 0 bridgehead atoms. The number of hydrogen-bond donors (Lipinski definition) is 2. The molecule has 2 amide bonds. The molecule has 0 heterocycles. The Bertz CT molecular complexity index is 656. The van der Waals surface area contributed by atoms with E-state index in [9.17, 15) is 9.59 Å². The van der Waals surface area contributed by atoms with Crippen LogP contribution >= 0.6 is 11.6 Å². The first-order valence-corrected chi connectivity index (χ1v) is 6.53. The van der Waals surface area contributed by atoms with Gasteiger partial charge in [0.25, 0.3) is 0 Å². The quantitative estimate of drug-likeness (QED) is 0.903. The Morgan fingerprint density at radius 3 is 2.29 bits per heavy atom. The van der Waals surface area contributed by atoms with Crippen molar-refractivity contribution in [3.05, 3.63) is 53.6 Å². The topological polar surface area (TPSA) is 67.4 Å². The minimum absolute atomic E-state index is 0.167. The Morgan fingerprint density at radius 1 is 1.00 bits per heavy atom. The molecule has 2 rings (SSSR count). The van der Waals surface area contributed by atoms with Gasteiger partial charge in [-0.15, -0.1) is 0 Å². The van der Waals surface area contributed by atoms with Gasteiger partial charge in [-0.05, 0) is 36.4 Å². The molecular weight excluding hydrogens is 292 g/mol. The third kappa shape index (κ3) is 4.50. The van der Waals surface area contributed by atoms with Crippen molar-refractivity contribution >= 4 is 35.0 Å². The lowest BCUT2D eigenvalue weighted by molar-refractivity contribution is -0.114. The normalized spacial score (nSPS) is 9.81. The van der Waals surface area contributed by atoms with Gasteiger partial charge >= 0.3 is 6.09 Å². The number of para-hydroxylation sites is 1. The highest BCUT2D eigenvalue weighted by Crippen LogP contribution is 2.21. The predicted octanol–water partition coefficient (Wildman–Crippen LogP) is 3.91. The molecule has 0 aliphatic carbocycles. The maximum Gasteiger partial charge on any atom is 0.417 e. The highest BCUT2D eigenvalue weighted by molar-refractivity contribution is 6.33. The number of rotatable bonds is 3. The highest BCUT2D eigenvalue weighted by Gasteiger charge is 2.07. The van der Waals surface area contributed by atoms with Crippen molar-refractivity contribution in [1.82, 2.24) is 0 Å². The van der Waals surface area contributed by atoms with Gasteiger partial charge in [-0.2, -0.15) is 0 Å². The fourth-order valence-electron chi connectivity index (χ4n) is 1.61. The van der Waals surface area contributed by atoms with Gasteiger partial charge in [-0.1, -0.05) is 23.7 Å². The van der Waals surface area contributed by atoms with Crippen LogP contribution in [0, 0.1) is 0 Å². The summed E-state index contributed by atoms with van der Waals surface area (Å²) < 4.78 is 5.11. The molecule has 0 unspecified atom stereocenters. The number of nitrogens with one attached hydrogen (secondary N) is 2. The van der Waals surface area contributed by atoms with Crippen LogP contribution in [-0.4, -0.2) is 12.0 Å². The van der Waals surface area contributed by atoms with Gasteiger partial charge in [0, 0.05) is 12.6 Å². The molecule has 6 heteroatoms. The zero-order chi connectivity index (χ0) is 15.2. The van der Waals surface area contributed by atoms with E-state index in [-0.39, 0.29) is 5.91 Å². The van der Waals surface area contributed by atoms with E-state index >= 15 is 0 Å². The summed E-state index contributed by atoms with van der Waals surface area (Å²) in [6.45, 7) is 1.42. The van der Waals surface area contributed by atoms with Gasteiger partial charge in [0.2, 0.25) is 5.91 Å². The minimum atomic E-state index is -0.643. The number of anilines is 2. The smallest absolute Gasteiger partial charge is 0.410 e. The first-order chi connectivity index (χ1) is 10.0. The van der Waals surface area contributed by atoms with Crippen molar-refractivity contribution in [2.75, 3.05) is 10.6 Å². The third-order valence-electron chi connectivity index (χ3n) is 2.50. The summed E-state index contributed by atoms with van der Waals surface area (Å²) in [6, 6.07) is 13.3. The number of amides is 2. The van der Waals surface area contributed by atoms with Crippen LogP contribution in [0.2, 0.25) is 5.02 Å². The summed E-state index contributed by atoms with van der Waals surface area (Å²) in [4.78, 5) is 22.6. The number of carbonyl (C=O) groups is 2. The molecule has 0 aliphatic rings. The summed E-state index contributed by atoms with van der Waals surface area (Å²) >= 11 is 5.93. The number of carbonyl (C=O) groups excluding carboxylic acids is 2. The van der Waals surface area contributed by atoms with E-state index in [4.69, 9.17) is 16.3 Å². The second-order valence-corrected chi connectivity index (χ2v) is 4.61. The fourth-order valence-corrected chi connectivity index (χ4v) is 1.80. The molecule has 0 fully saturated rings. The van der Waals surface area contributed by atoms with Crippen LogP contribution in [-0.2, 0) is 4.79 Å². The first-order valence-electron chi connectivity index (χ1n) is 6.15. The second kappa shape index (κ2) is 6.76. The van der Waals surface area contributed by atoms with E-state index in [2.05, 4.69) is 10.6 Å². The monoisotopic (exact) mass is 304 g/mol. The lowest BCUT2D eigenvalue weighted by atomic mass is 10.3. The van der Waals surface area contributed by atoms with Crippen molar-refractivity contribution in [2.45, 2.75) is 6.92 Å². The van der Waals surface area contributed by atoms with Gasteiger partial charge in [-0.3, -0.25) is 10.1 Å². The SMILES string of the molecule is CC(=O)Nc1ccc(OC(=O)Nc2ccccc2Cl)cc1. The predicted molar refractivity (Wildman–Crippen MR) is 81.8 cm³/mol. The van der Waals surface area contributed by atoms with Crippen molar-refractivity contribution in [2.24, 2.45) is 0 Å². The summed E-state index contributed by atoms with van der Waals surface area (Å²) in [6.07, 6.45) is -0.643. The summed E-state index contributed by atoms with van der Waals surface area (Å²) in [5.74, 6) is 0.189. The maximum absolute atomic E-state index is 11.7. The molecule has 0 spiro atoms. The molecule has 108 valence electrons. The standard InChI is InChI=1S/C15H13ClN2O3/c1-10(19)17-11-6-8-12(9-7-11)21-15(20)18-14-5-3-2-4-13(14)16/h2-9H,1H3,(H,17,19)(H,18,20). The lowest BCUT2D eigenvalue weighted by Crippen LogP contribution is -2.17. The van der Waals surface area contributed by atoms with Crippen LogP contribution in [0.1, 0.15) is 6.92 Å². The molecule has 2 aromatic rings. The largest absolute Gasteiger partial charge is 0.417 e. The number of benzene rings is 2. The molecule has 0 saturated heterocycles. The fraction of sp³-hybridized carbons (Fsp3) is 0.0667. The van der Waals surface area contributed by atoms with Crippen molar-refractivity contribution < 1.29 is 14.3 Å². The van der Waals surface area contributed by atoms with E-state index in [1.807, 2.05) is 0 Å². The molecule has 0 saturated carbocycles. The average molecular weight is 305 g/mol. The molecule has 5 nitrogen and oxygen atoms in total. The zero-order valence-electron chi connectivity index (χ0n) is 11.2. The maximum atomic E-state index is 11.7. The molecular formula is C15H13ClN2O3. The van der Waals surface area contributed by atoms with Gasteiger partial charge in [0.15, 0.2) is 0 Å². The average Bonchev–Trinajstić information content (AvgIpc) is 2.43. The molecule has 21 heavy (non-hydrogen) atoms. The van der Waals surface area contributed by atoms with E-state index in [0.29, 0.717) is 22.1 Å². The zero-order valence-corrected chi connectivity index (χ0v) is 12.0. The van der Waals surface area contributed by atoms with Crippen LogP contribution in [0.3, 0.4) is 0 Å².